The number of nitrogens with zero attached hydrogens (tertiary/aromatic N) is 1. The fourth-order valence-electron chi connectivity index (χ4n) is 1.21. The third kappa shape index (κ3) is 3.91. The maximum atomic E-state index is 13.0. The first-order chi connectivity index (χ1) is 8.06. The largest absolute Gasteiger partial charge is 0.352 e. The molecule has 0 unspecified atom stereocenters. The van der Waals surface area contributed by atoms with Gasteiger partial charge in [-0.1, -0.05) is 22.6 Å². The fraction of sp³-hybridized carbons (Fsp3) is 0.300. The number of carbonyl (C=O) groups is 1. The maximum Gasteiger partial charge on any atom is 0.282 e. The molecule has 0 spiro atoms. The average molecular weight is 352 g/mol. The number of hydrogen-bond donors (Lipinski definition) is 1. The van der Waals surface area contributed by atoms with Crippen molar-refractivity contribution in [2.75, 3.05) is 11.0 Å². The number of alkyl halides is 1. The summed E-state index contributed by atoms with van der Waals surface area (Å²) in [6, 6.07) is 2.82. The lowest BCUT2D eigenvalue weighted by molar-refractivity contribution is -0.385. The molecular weight excluding hydrogens is 342 g/mol. The molecule has 1 amide bonds. The summed E-state index contributed by atoms with van der Waals surface area (Å²) in [6.45, 7) is 0.412. The summed E-state index contributed by atoms with van der Waals surface area (Å²) >= 11 is 2.15. The highest BCUT2D eigenvalue weighted by Crippen LogP contribution is 2.19. The Labute approximate surface area is 111 Å². The molecule has 0 bridgehead atoms. The highest BCUT2D eigenvalue weighted by atomic mass is 127. The molecule has 0 aliphatic rings. The minimum atomic E-state index is -0.702. The molecule has 1 aromatic carbocycles. The third-order valence-corrected chi connectivity index (χ3v) is 2.76. The normalized spacial score (nSPS) is 10.0. The van der Waals surface area contributed by atoms with Gasteiger partial charge in [-0.15, -0.1) is 0 Å². The molecule has 0 atom stereocenters. The van der Waals surface area contributed by atoms with Crippen LogP contribution >= 0.6 is 22.6 Å². The van der Waals surface area contributed by atoms with Crippen LogP contribution in [-0.2, 0) is 0 Å². The zero-order valence-corrected chi connectivity index (χ0v) is 10.9. The molecular formula is C10H10FIN2O3. The van der Waals surface area contributed by atoms with Crippen LogP contribution in [0.15, 0.2) is 18.2 Å². The predicted octanol–water partition coefficient (Wildman–Crippen LogP) is 2.29. The van der Waals surface area contributed by atoms with E-state index in [9.17, 15) is 19.3 Å². The van der Waals surface area contributed by atoms with E-state index in [0.29, 0.717) is 6.54 Å². The fourth-order valence-corrected chi connectivity index (χ4v) is 1.59. The second kappa shape index (κ2) is 6.48. The van der Waals surface area contributed by atoms with Gasteiger partial charge in [0.25, 0.3) is 11.6 Å². The molecule has 0 fully saturated rings. The number of nitro groups is 1. The molecule has 0 saturated carbocycles. The average Bonchev–Trinajstić information content (AvgIpc) is 2.28. The highest BCUT2D eigenvalue weighted by molar-refractivity contribution is 14.1. The van der Waals surface area contributed by atoms with Crippen molar-refractivity contribution >= 4 is 34.2 Å². The smallest absolute Gasteiger partial charge is 0.282 e. The summed E-state index contributed by atoms with van der Waals surface area (Å²) in [6.07, 6.45) is 0.759. The Hall–Kier alpha value is -1.25. The standard InChI is InChI=1S/C10H10FIN2O3/c11-7-2-3-9(14(16)17)8(6-7)10(15)13-5-1-4-12/h2-3,6H,1,4-5H2,(H,13,15). The number of nitrogens with one attached hydrogen (secondary N) is 1. The Morgan fingerprint density at radius 1 is 1.53 bits per heavy atom. The monoisotopic (exact) mass is 352 g/mol. The summed E-state index contributed by atoms with van der Waals surface area (Å²) < 4.78 is 13.8. The molecule has 1 N–H and O–H groups in total. The van der Waals surface area contributed by atoms with Crippen molar-refractivity contribution in [1.82, 2.24) is 5.32 Å². The van der Waals surface area contributed by atoms with E-state index in [1.807, 2.05) is 0 Å². The van der Waals surface area contributed by atoms with Crippen molar-refractivity contribution in [1.29, 1.82) is 0 Å². The van der Waals surface area contributed by atoms with Gasteiger partial charge in [0.05, 0.1) is 4.92 Å². The SMILES string of the molecule is O=C(NCCCI)c1cc(F)ccc1[N+](=O)[O-]. The van der Waals surface area contributed by atoms with Crippen molar-refractivity contribution in [2.24, 2.45) is 0 Å². The topological polar surface area (TPSA) is 72.2 Å². The van der Waals surface area contributed by atoms with E-state index in [-0.39, 0.29) is 5.56 Å². The van der Waals surface area contributed by atoms with Crippen LogP contribution in [0, 0.1) is 15.9 Å². The van der Waals surface area contributed by atoms with Crippen molar-refractivity contribution in [3.63, 3.8) is 0 Å². The van der Waals surface area contributed by atoms with E-state index in [1.54, 1.807) is 0 Å². The van der Waals surface area contributed by atoms with Crippen LogP contribution in [0.2, 0.25) is 0 Å². The van der Waals surface area contributed by atoms with Gasteiger partial charge < -0.3 is 5.32 Å². The number of benzene rings is 1. The molecule has 17 heavy (non-hydrogen) atoms. The van der Waals surface area contributed by atoms with Crippen LogP contribution in [-0.4, -0.2) is 21.8 Å². The van der Waals surface area contributed by atoms with Crippen LogP contribution in [0.3, 0.4) is 0 Å². The number of nitro benzene ring substituents is 1. The Bertz CT molecular complexity index is 440. The number of halogens is 2. The zero-order valence-electron chi connectivity index (χ0n) is 8.78. The molecule has 0 aliphatic heterocycles. The lowest BCUT2D eigenvalue weighted by Gasteiger charge is -2.04. The summed E-state index contributed by atoms with van der Waals surface area (Å²) in [5.74, 6) is -1.30. The quantitative estimate of drug-likeness (QED) is 0.291. The molecule has 0 aliphatic carbocycles. The Kier molecular flexibility index (Phi) is 5.26. The molecule has 0 heterocycles. The van der Waals surface area contributed by atoms with E-state index >= 15 is 0 Å². The van der Waals surface area contributed by atoms with Gasteiger partial charge in [0.15, 0.2) is 0 Å². The second-order valence-corrected chi connectivity index (χ2v) is 4.30. The molecule has 1 rings (SSSR count). The maximum absolute atomic E-state index is 13.0. The lowest BCUT2D eigenvalue weighted by atomic mass is 10.1. The lowest BCUT2D eigenvalue weighted by Crippen LogP contribution is -2.25. The van der Waals surface area contributed by atoms with Gasteiger partial charge in [0.1, 0.15) is 11.4 Å². The van der Waals surface area contributed by atoms with E-state index in [2.05, 4.69) is 27.9 Å². The number of hydrogen-bond acceptors (Lipinski definition) is 3. The van der Waals surface area contributed by atoms with Gasteiger partial charge in [-0.3, -0.25) is 14.9 Å². The highest BCUT2D eigenvalue weighted by Gasteiger charge is 2.20. The van der Waals surface area contributed by atoms with Gasteiger partial charge in [0, 0.05) is 17.0 Å². The van der Waals surface area contributed by atoms with Gasteiger partial charge in [0.2, 0.25) is 0 Å². The number of carbonyl (C=O) groups excluding carboxylic acids is 1. The minimum absolute atomic E-state index is 0.247. The molecule has 0 saturated heterocycles. The molecule has 1 aromatic rings. The molecule has 92 valence electrons. The van der Waals surface area contributed by atoms with E-state index < -0.39 is 22.3 Å². The van der Waals surface area contributed by atoms with Crippen molar-refractivity contribution < 1.29 is 14.1 Å². The predicted molar refractivity (Wildman–Crippen MR) is 68.9 cm³/mol. The Balaban J connectivity index is 2.90. The van der Waals surface area contributed by atoms with Gasteiger partial charge in [-0.05, 0) is 18.6 Å². The third-order valence-electron chi connectivity index (χ3n) is 2.00. The first-order valence-corrected chi connectivity index (χ1v) is 6.37. The number of rotatable bonds is 5. The van der Waals surface area contributed by atoms with Crippen molar-refractivity contribution in [2.45, 2.75) is 6.42 Å². The zero-order chi connectivity index (χ0) is 12.8. The van der Waals surface area contributed by atoms with Crippen LogP contribution in [0.4, 0.5) is 10.1 Å². The van der Waals surface area contributed by atoms with Crippen LogP contribution in [0.1, 0.15) is 16.8 Å². The second-order valence-electron chi connectivity index (χ2n) is 3.22. The summed E-state index contributed by atoms with van der Waals surface area (Å²) in [5, 5.41) is 13.2. The van der Waals surface area contributed by atoms with Crippen LogP contribution in [0.5, 0.6) is 0 Å². The number of amides is 1. The van der Waals surface area contributed by atoms with Crippen molar-refractivity contribution in [3.05, 3.63) is 39.7 Å². The van der Waals surface area contributed by atoms with Crippen LogP contribution < -0.4 is 5.32 Å². The minimum Gasteiger partial charge on any atom is -0.352 e. The summed E-state index contributed by atoms with van der Waals surface area (Å²) in [7, 11) is 0. The first kappa shape index (κ1) is 13.8. The van der Waals surface area contributed by atoms with E-state index in [1.165, 1.54) is 0 Å². The Morgan fingerprint density at radius 2 is 2.24 bits per heavy atom. The van der Waals surface area contributed by atoms with E-state index in [0.717, 1.165) is 29.0 Å². The van der Waals surface area contributed by atoms with Gasteiger partial charge >= 0.3 is 0 Å². The van der Waals surface area contributed by atoms with E-state index in [4.69, 9.17) is 0 Å². The summed E-state index contributed by atoms with van der Waals surface area (Å²) in [5.41, 5.74) is -0.637. The molecule has 7 heteroatoms. The van der Waals surface area contributed by atoms with Gasteiger partial charge in [-0.25, -0.2) is 4.39 Å². The van der Waals surface area contributed by atoms with Crippen molar-refractivity contribution in [3.8, 4) is 0 Å². The summed E-state index contributed by atoms with van der Waals surface area (Å²) in [4.78, 5) is 21.6. The molecule has 5 nitrogen and oxygen atoms in total. The molecule has 0 radical (unpaired) electrons. The Morgan fingerprint density at radius 3 is 2.82 bits per heavy atom. The molecule has 0 aromatic heterocycles. The van der Waals surface area contributed by atoms with Crippen LogP contribution in [0.25, 0.3) is 0 Å². The first-order valence-electron chi connectivity index (χ1n) is 4.84. The van der Waals surface area contributed by atoms with Gasteiger partial charge in [-0.2, -0.15) is 0 Å².